The molecule has 158 valence electrons. The van der Waals surface area contributed by atoms with Crippen LogP contribution >= 0.6 is 15.9 Å². The summed E-state index contributed by atoms with van der Waals surface area (Å²) < 4.78 is 6.83. The van der Waals surface area contributed by atoms with Crippen molar-refractivity contribution < 1.29 is 4.74 Å². The highest BCUT2D eigenvalue weighted by Crippen LogP contribution is 2.27. The van der Waals surface area contributed by atoms with Gasteiger partial charge in [-0.2, -0.15) is 4.98 Å². The number of benzene rings is 1. The molecule has 1 heterocycles. The van der Waals surface area contributed by atoms with Crippen molar-refractivity contribution in [3.63, 3.8) is 0 Å². The van der Waals surface area contributed by atoms with Crippen LogP contribution in [-0.4, -0.2) is 43.3 Å². The molecule has 0 aliphatic heterocycles. The zero-order chi connectivity index (χ0) is 20.6. The van der Waals surface area contributed by atoms with Gasteiger partial charge in [0.25, 0.3) is 0 Å². The molecule has 1 fully saturated rings. The Balaban J connectivity index is 1.42. The minimum Gasteiger partial charge on any atom is -0.494 e. The summed E-state index contributed by atoms with van der Waals surface area (Å²) in [6, 6.07) is 8.59. The summed E-state index contributed by atoms with van der Waals surface area (Å²) in [5.41, 5.74) is 1.20. The van der Waals surface area contributed by atoms with Crippen molar-refractivity contribution in [3.05, 3.63) is 40.5 Å². The molecule has 1 aromatic heterocycles. The lowest BCUT2D eigenvalue weighted by Gasteiger charge is -2.29. The highest BCUT2D eigenvalue weighted by Gasteiger charge is 2.21. The molecule has 0 bridgehead atoms. The zero-order valence-electron chi connectivity index (χ0n) is 17.6. The average Bonchev–Trinajstić information content (AvgIpc) is 2.71. The van der Waals surface area contributed by atoms with Crippen molar-refractivity contribution >= 4 is 27.7 Å². The highest BCUT2D eigenvalue weighted by atomic mass is 79.9. The molecule has 1 aliphatic rings. The normalized spacial score (nSPS) is 19.0. The van der Waals surface area contributed by atoms with Gasteiger partial charge in [-0.25, -0.2) is 4.98 Å². The smallest absolute Gasteiger partial charge is 0.224 e. The van der Waals surface area contributed by atoms with Crippen LogP contribution in [-0.2, 0) is 6.54 Å². The van der Waals surface area contributed by atoms with Gasteiger partial charge in [-0.3, -0.25) is 0 Å². The van der Waals surface area contributed by atoms with Crippen LogP contribution in [0.25, 0.3) is 0 Å². The number of aromatic nitrogens is 2. The van der Waals surface area contributed by atoms with E-state index in [1.165, 1.54) is 18.4 Å². The second-order valence-corrected chi connectivity index (χ2v) is 8.73. The standard InChI is InChI=1S/C22H32BrN5O/c1-4-29-20-10-7-18(23)13-17(20)15-24-14-16-5-8-19(9-6-16)26-22-25-12-11-21(27-22)28(2)3/h7,10-13,16,19,24H,4-6,8-9,14-15H2,1-3H3,(H,25,26,27). The minimum atomic E-state index is 0.457. The van der Waals surface area contributed by atoms with Crippen molar-refractivity contribution in [2.45, 2.75) is 45.2 Å². The number of halogens is 1. The van der Waals surface area contributed by atoms with E-state index in [4.69, 9.17) is 4.74 Å². The summed E-state index contributed by atoms with van der Waals surface area (Å²) in [7, 11) is 3.99. The molecule has 2 aromatic rings. The molecule has 0 unspecified atom stereocenters. The van der Waals surface area contributed by atoms with E-state index in [-0.39, 0.29) is 0 Å². The summed E-state index contributed by atoms with van der Waals surface area (Å²) in [5, 5.41) is 7.15. The van der Waals surface area contributed by atoms with Crippen LogP contribution in [0, 0.1) is 5.92 Å². The lowest BCUT2D eigenvalue weighted by Crippen LogP contribution is -2.31. The van der Waals surface area contributed by atoms with Crippen LogP contribution in [0.5, 0.6) is 5.75 Å². The Morgan fingerprint density at radius 1 is 1.17 bits per heavy atom. The monoisotopic (exact) mass is 461 g/mol. The largest absolute Gasteiger partial charge is 0.494 e. The topological polar surface area (TPSA) is 62.3 Å². The van der Waals surface area contributed by atoms with Gasteiger partial charge in [-0.1, -0.05) is 15.9 Å². The van der Waals surface area contributed by atoms with E-state index in [9.17, 15) is 0 Å². The Morgan fingerprint density at radius 3 is 2.69 bits per heavy atom. The average molecular weight is 462 g/mol. The minimum absolute atomic E-state index is 0.457. The van der Waals surface area contributed by atoms with Crippen molar-refractivity contribution in [2.24, 2.45) is 5.92 Å². The van der Waals surface area contributed by atoms with Crippen LogP contribution in [0.2, 0.25) is 0 Å². The molecular weight excluding hydrogens is 430 g/mol. The lowest BCUT2D eigenvalue weighted by molar-refractivity contribution is 0.318. The first-order valence-corrected chi connectivity index (χ1v) is 11.2. The number of hydrogen-bond donors (Lipinski definition) is 2. The fraction of sp³-hybridized carbons (Fsp3) is 0.545. The Hall–Kier alpha value is -1.86. The van der Waals surface area contributed by atoms with Gasteiger partial charge in [0.15, 0.2) is 0 Å². The van der Waals surface area contributed by atoms with Gasteiger partial charge >= 0.3 is 0 Å². The number of hydrogen-bond acceptors (Lipinski definition) is 6. The van der Waals surface area contributed by atoms with Crippen LogP contribution in [0.15, 0.2) is 34.9 Å². The fourth-order valence-corrected chi connectivity index (χ4v) is 4.16. The highest BCUT2D eigenvalue weighted by molar-refractivity contribution is 9.10. The molecule has 3 rings (SSSR count). The molecule has 1 aromatic carbocycles. The van der Waals surface area contributed by atoms with Crippen LogP contribution in [0.3, 0.4) is 0 Å². The third-order valence-electron chi connectivity index (χ3n) is 5.35. The predicted octanol–water partition coefficient (Wildman–Crippen LogP) is 4.46. The maximum Gasteiger partial charge on any atom is 0.224 e. The molecular formula is C22H32BrN5O. The van der Waals surface area contributed by atoms with Gasteiger partial charge < -0.3 is 20.3 Å². The Morgan fingerprint density at radius 2 is 1.97 bits per heavy atom. The van der Waals surface area contributed by atoms with Gasteiger partial charge in [-0.05, 0) is 69.3 Å². The van der Waals surface area contributed by atoms with Crippen LogP contribution in [0.1, 0.15) is 38.2 Å². The summed E-state index contributed by atoms with van der Waals surface area (Å²) in [5.74, 6) is 3.34. The first-order chi connectivity index (χ1) is 14.0. The molecule has 6 nitrogen and oxygen atoms in total. The SMILES string of the molecule is CCOc1ccc(Br)cc1CNCC1CCC(Nc2nccc(N(C)C)n2)CC1. The first kappa shape index (κ1) is 21.8. The van der Waals surface area contributed by atoms with E-state index in [2.05, 4.69) is 42.6 Å². The summed E-state index contributed by atoms with van der Waals surface area (Å²) in [6.45, 7) is 4.58. The van der Waals surface area contributed by atoms with Gasteiger partial charge in [0.05, 0.1) is 6.61 Å². The quantitative estimate of drug-likeness (QED) is 0.574. The maximum atomic E-state index is 5.74. The molecule has 0 radical (unpaired) electrons. The van der Waals surface area contributed by atoms with Gasteiger partial charge in [0.2, 0.25) is 5.95 Å². The molecule has 7 heteroatoms. The van der Waals surface area contributed by atoms with E-state index in [0.717, 1.165) is 47.9 Å². The van der Waals surface area contributed by atoms with E-state index in [0.29, 0.717) is 18.6 Å². The van der Waals surface area contributed by atoms with E-state index < -0.39 is 0 Å². The molecule has 29 heavy (non-hydrogen) atoms. The molecule has 0 atom stereocenters. The van der Waals surface area contributed by atoms with Crippen molar-refractivity contribution in [2.75, 3.05) is 37.5 Å². The van der Waals surface area contributed by atoms with Gasteiger partial charge in [0.1, 0.15) is 11.6 Å². The predicted molar refractivity (Wildman–Crippen MR) is 123 cm³/mol. The van der Waals surface area contributed by atoms with Gasteiger partial charge in [-0.15, -0.1) is 0 Å². The van der Waals surface area contributed by atoms with Crippen LogP contribution in [0.4, 0.5) is 11.8 Å². The van der Waals surface area contributed by atoms with E-state index in [1.54, 1.807) is 0 Å². The second kappa shape index (κ2) is 10.8. The van der Waals surface area contributed by atoms with E-state index >= 15 is 0 Å². The molecule has 0 spiro atoms. The number of anilines is 2. The summed E-state index contributed by atoms with van der Waals surface area (Å²) in [4.78, 5) is 10.9. The van der Waals surface area contributed by atoms with Crippen molar-refractivity contribution in [1.29, 1.82) is 0 Å². The molecule has 1 saturated carbocycles. The third-order valence-corrected chi connectivity index (χ3v) is 5.84. The zero-order valence-corrected chi connectivity index (χ0v) is 19.2. The molecule has 1 aliphatic carbocycles. The third kappa shape index (κ3) is 6.57. The van der Waals surface area contributed by atoms with Gasteiger partial charge in [0, 0.05) is 42.9 Å². The summed E-state index contributed by atoms with van der Waals surface area (Å²) in [6.07, 6.45) is 6.56. The Labute approximate surface area is 182 Å². The molecule has 0 saturated heterocycles. The summed E-state index contributed by atoms with van der Waals surface area (Å²) >= 11 is 3.56. The molecule has 2 N–H and O–H groups in total. The number of nitrogens with one attached hydrogen (secondary N) is 2. The number of nitrogens with zero attached hydrogens (tertiary/aromatic N) is 3. The van der Waals surface area contributed by atoms with Crippen molar-refractivity contribution in [1.82, 2.24) is 15.3 Å². The first-order valence-electron chi connectivity index (χ1n) is 10.4. The number of rotatable bonds is 9. The Kier molecular flexibility index (Phi) is 8.12. The van der Waals surface area contributed by atoms with E-state index in [1.807, 2.05) is 50.3 Å². The maximum absolute atomic E-state index is 5.74. The number of ether oxygens (including phenoxy) is 1. The fourth-order valence-electron chi connectivity index (χ4n) is 3.75. The van der Waals surface area contributed by atoms with Crippen LogP contribution < -0.4 is 20.3 Å². The Bertz CT molecular complexity index is 778. The lowest BCUT2D eigenvalue weighted by atomic mass is 9.86. The van der Waals surface area contributed by atoms with Crippen molar-refractivity contribution in [3.8, 4) is 5.75 Å². The second-order valence-electron chi connectivity index (χ2n) is 7.81. The molecule has 0 amide bonds.